The number of thiazole rings is 1. The van der Waals surface area contributed by atoms with Crippen LogP contribution in [0.4, 0.5) is 4.79 Å². The molecule has 0 unspecified atom stereocenters. The van der Waals surface area contributed by atoms with Crippen LogP contribution in [-0.2, 0) is 34.7 Å². The molecule has 5 atom stereocenters. The van der Waals surface area contributed by atoms with Gasteiger partial charge in [0.05, 0.1) is 34.5 Å². The molecule has 4 N–H and O–H groups in total. The highest BCUT2D eigenvalue weighted by Gasteiger charge is 2.62. The molecule has 7 rings (SSSR count). The highest BCUT2D eigenvalue weighted by molar-refractivity contribution is 9.10. The normalized spacial score (nSPS) is 22.1. The number of benzene rings is 1. The van der Waals surface area contributed by atoms with Crippen molar-refractivity contribution in [1.82, 2.24) is 30.2 Å². The molecule has 340 valence electrons. The molecule has 20 heteroatoms. The van der Waals surface area contributed by atoms with E-state index in [-0.39, 0.29) is 30.7 Å². The number of rotatable bonds is 13. The van der Waals surface area contributed by atoms with Crippen LogP contribution in [0.2, 0.25) is 0 Å². The van der Waals surface area contributed by atoms with E-state index in [9.17, 15) is 32.7 Å². The lowest BCUT2D eigenvalue weighted by Gasteiger charge is -2.36. The summed E-state index contributed by atoms with van der Waals surface area (Å²) >= 11 is 4.90. The molecular weight excluding hydrogens is 921 g/mol. The number of fused-ring (bicyclic) bond motifs is 3. The first-order chi connectivity index (χ1) is 29.3. The number of alkyl carbamates (subject to hydrolysis) is 1. The number of sulfonamides is 1. The van der Waals surface area contributed by atoms with E-state index in [2.05, 4.69) is 42.8 Å². The number of nitrogens with one attached hydrogen (secondary N) is 3. The summed E-state index contributed by atoms with van der Waals surface area (Å²) in [7, 11) is -2.43. The average Bonchev–Trinajstić information content (AvgIpc) is 3.99. The van der Waals surface area contributed by atoms with Gasteiger partial charge in [-0.2, -0.15) is 0 Å². The SMILES string of the molecule is C=C[C@@H]1C[C@]1(NC(=O)[C@@H]1C[C@@H](Oc2cc(-c3csc(C(C)(C)O)n3)nc3c2oc2ccc(OC)c(Br)c23)CN1C(=O)[C@@H](NC(=O)OC(C)(C)C)C(C)(C)C)C(=O)NS(=O)(=O)C1CC1. The number of hydrogen-bond donors (Lipinski definition) is 4. The van der Waals surface area contributed by atoms with Crippen LogP contribution in [0.15, 0.2) is 45.1 Å². The Morgan fingerprint density at radius 2 is 1.78 bits per heavy atom. The summed E-state index contributed by atoms with van der Waals surface area (Å²) in [6, 6.07) is 2.65. The number of aliphatic hydroxyl groups is 1. The second-order valence-corrected chi connectivity index (χ2v) is 22.6. The molecule has 2 saturated carbocycles. The predicted octanol–water partition coefficient (Wildman–Crippen LogP) is 6.06. The number of methoxy groups -OCH3 is 1. The van der Waals surface area contributed by atoms with Gasteiger partial charge in [-0.25, -0.2) is 23.2 Å². The molecule has 0 spiro atoms. The van der Waals surface area contributed by atoms with E-state index in [1.807, 2.05) is 0 Å². The fourth-order valence-corrected chi connectivity index (χ4v) is 10.5. The predicted molar refractivity (Wildman–Crippen MR) is 239 cm³/mol. The number of carbonyl (C=O) groups is 4. The van der Waals surface area contributed by atoms with Crippen molar-refractivity contribution in [3.05, 3.63) is 45.7 Å². The first-order valence-corrected chi connectivity index (χ1v) is 23.7. The summed E-state index contributed by atoms with van der Waals surface area (Å²) in [6.07, 6.45) is 0.620. The second kappa shape index (κ2) is 16.3. The lowest BCUT2D eigenvalue weighted by Crippen LogP contribution is -2.60. The Balaban J connectivity index is 1.28. The van der Waals surface area contributed by atoms with Gasteiger partial charge < -0.3 is 39.3 Å². The Hall–Kier alpha value is -4.79. The van der Waals surface area contributed by atoms with Crippen molar-refractivity contribution in [2.45, 2.75) is 121 Å². The van der Waals surface area contributed by atoms with E-state index in [0.717, 1.165) is 0 Å². The van der Waals surface area contributed by atoms with E-state index in [1.165, 1.54) is 29.4 Å². The third kappa shape index (κ3) is 9.40. The van der Waals surface area contributed by atoms with Crippen molar-refractivity contribution in [2.75, 3.05) is 13.7 Å². The number of amides is 4. The van der Waals surface area contributed by atoms with Gasteiger partial charge >= 0.3 is 6.09 Å². The lowest BCUT2D eigenvalue weighted by molar-refractivity contribution is -0.143. The number of carbonyl (C=O) groups excluding carboxylic acids is 4. The first-order valence-electron chi connectivity index (χ1n) is 20.5. The van der Waals surface area contributed by atoms with Crippen molar-refractivity contribution >= 4 is 83.2 Å². The standard InChI is InChI=1S/C43H53BrN6O11S2/c1-11-21-18-43(21,37(53)49-63(56,57)23-12-13-23)48-35(51)26-16-22(19-50(26)36(52)34(40(2,3)4)47-39(54)61-41(5,6)7)59-29-17-24(25-20-62-38(46-25)42(8,9)55)45-32-30-27(60-33(29)32)14-15-28(58-10)31(30)44/h11,14-15,17,20-23,26,34,55H,1,12-13,16,18-19H2,2-10H3,(H,47,54)(H,48,51)(H,49,53)/t21-,22-,26+,34-,43-/m1/s1. The van der Waals surface area contributed by atoms with Crippen LogP contribution < -0.4 is 24.8 Å². The number of nitrogens with zero attached hydrogens (tertiary/aromatic N) is 3. The van der Waals surface area contributed by atoms with Crippen LogP contribution in [0.3, 0.4) is 0 Å². The highest BCUT2D eigenvalue weighted by atomic mass is 79.9. The van der Waals surface area contributed by atoms with E-state index in [1.54, 1.807) is 79.0 Å². The van der Waals surface area contributed by atoms with Crippen LogP contribution >= 0.6 is 27.3 Å². The number of pyridine rings is 1. The number of aromatic nitrogens is 2. The summed E-state index contributed by atoms with van der Waals surface area (Å²) in [6.45, 7) is 17.3. The number of furan rings is 1. The fraction of sp³-hybridized carbons (Fsp3) is 0.535. The number of hydrogen-bond acceptors (Lipinski definition) is 14. The molecule has 4 amide bonds. The third-order valence-corrected chi connectivity index (χ3v) is 14.9. The topological polar surface area (TPSA) is 229 Å². The van der Waals surface area contributed by atoms with Gasteiger partial charge in [-0.3, -0.25) is 19.1 Å². The third-order valence-electron chi connectivity index (χ3n) is 11.1. The zero-order valence-corrected chi connectivity index (χ0v) is 39.8. The van der Waals surface area contributed by atoms with E-state index < -0.39 is 85.3 Å². The lowest BCUT2D eigenvalue weighted by atomic mass is 9.85. The summed E-state index contributed by atoms with van der Waals surface area (Å²) in [5.41, 5.74) is -2.67. The van der Waals surface area contributed by atoms with Crippen LogP contribution in [0.1, 0.15) is 86.1 Å². The number of halogens is 1. The minimum absolute atomic E-state index is 0.0891. The Kier molecular flexibility index (Phi) is 12.0. The van der Waals surface area contributed by atoms with Crippen molar-refractivity contribution in [1.29, 1.82) is 0 Å². The van der Waals surface area contributed by atoms with Gasteiger partial charge in [-0.1, -0.05) is 26.8 Å². The van der Waals surface area contributed by atoms with Gasteiger partial charge in [-0.15, -0.1) is 17.9 Å². The highest BCUT2D eigenvalue weighted by Crippen LogP contribution is 2.47. The van der Waals surface area contributed by atoms with E-state index >= 15 is 0 Å². The van der Waals surface area contributed by atoms with Gasteiger partial charge in [0.25, 0.3) is 5.91 Å². The minimum atomic E-state index is -3.96. The molecule has 63 heavy (non-hydrogen) atoms. The fourth-order valence-electron chi connectivity index (χ4n) is 7.60. The second-order valence-electron chi connectivity index (χ2n) is 18.9. The van der Waals surface area contributed by atoms with Crippen molar-refractivity contribution in [3.63, 3.8) is 0 Å². The zero-order chi connectivity index (χ0) is 46.2. The van der Waals surface area contributed by atoms with Gasteiger partial charge in [0.2, 0.25) is 21.8 Å². The molecule has 4 heterocycles. The van der Waals surface area contributed by atoms with Gasteiger partial charge in [-0.05, 0) is 87.4 Å². The Bertz CT molecular complexity index is 2620. The maximum atomic E-state index is 14.8. The first kappa shape index (κ1) is 46.2. The molecule has 2 aliphatic carbocycles. The van der Waals surface area contributed by atoms with Gasteiger partial charge in [0.1, 0.15) is 62.5 Å². The Morgan fingerprint density at radius 1 is 1.08 bits per heavy atom. The van der Waals surface area contributed by atoms with Crippen molar-refractivity contribution < 1.29 is 51.3 Å². The molecule has 17 nitrogen and oxygen atoms in total. The number of ether oxygens (including phenoxy) is 3. The summed E-state index contributed by atoms with van der Waals surface area (Å²) in [4.78, 5) is 67.2. The van der Waals surface area contributed by atoms with Crippen molar-refractivity contribution in [3.8, 4) is 22.9 Å². The molecule has 1 saturated heterocycles. The summed E-state index contributed by atoms with van der Waals surface area (Å²) in [5, 5.41) is 18.4. The van der Waals surface area contributed by atoms with Gasteiger partial charge in [0, 0.05) is 23.8 Å². The largest absolute Gasteiger partial charge is 0.496 e. The Morgan fingerprint density at radius 3 is 2.35 bits per heavy atom. The molecule has 3 aliphatic rings. The van der Waals surface area contributed by atoms with Crippen LogP contribution in [0.5, 0.6) is 11.5 Å². The maximum absolute atomic E-state index is 14.8. The molecule has 1 aliphatic heterocycles. The summed E-state index contributed by atoms with van der Waals surface area (Å²) < 4.78 is 52.7. The monoisotopic (exact) mass is 972 g/mol. The zero-order valence-electron chi connectivity index (χ0n) is 36.6. The van der Waals surface area contributed by atoms with Crippen molar-refractivity contribution in [2.24, 2.45) is 11.3 Å². The molecule has 0 radical (unpaired) electrons. The molecule has 3 fully saturated rings. The quantitative estimate of drug-likeness (QED) is 0.112. The molecule has 0 bridgehead atoms. The molecule has 3 aromatic heterocycles. The molecule has 1 aromatic carbocycles. The van der Waals surface area contributed by atoms with Crippen LogP contribution in [0, 0.1) is 11.3 Å². The van der Waals surface area contributed by atoms with E-state index in [4.69, 9.17) is 23.6 Å². The van der Waals surface area contributed by atoms with Crippen LogP contribution in [-0.4, -0.2) is 100 Å². The Labute approximate surface area is 377 Å². The smallest absolute Gasteiger partial charge is 0.408 e. The average molecular weight is 974 g/mol. The van der Waals surface area contributed by atoms with E-state index in [0.29, 0.717) is 55.9 Å². The minimum Gasteiger partial charge on any atom is -0.496 e. The molecule has 4 aromatic rings. The van der Waals surface area contributed by atoms with Gasteiger partial charge in [0.15, 0.2) is 11.3 Å². The summed E-state index contributed by atoms with van der Waals surface area (Å²) in [5.74, 6) is -2.08. The van der Waals surface area contributed by atoms with Crippen LogP contribution in [0.25, 0.3) is 33.5 Å². The maximum Gasteiger partial charge on any atom is 0.408 e. The number of likely N-dealkylation sites (tertiary alicyclic amines) is 1. The molecular formula is C43H53BrN6O11S2.